The molecule has 0 fully saturated rings. The first-order valence-corrected chi connectivity index (χ1v) is 13.0. The van der Waals surface area contributed by atoms with Gasteiger partial charge in [0.05, 0.1) is 13.7 Å². The molecule has 0 heterocycles. The van der Waals surface area contributed by atoms with Gasteiger partial charge in [-0.2, -0.15) is 0 Å². The van der Waals surface area contributed by atoms with E-state index in [0.717, 1.165) is 16.9 Å². The molecule has 3 aromatic rings. The van der Waals surface area contributed by atoms with E-state index in [2.05, 4.69) is 5.32 Å². The minimum Gasteiger partial charge on any atom is -0.497 e. The van der Waals surface area contributed by atoms with Crippen molar-refractivity contribution < 1.29 is 23.5 Å². The van der Waals surface area contributed by atoms with Crippen LogP contribution in [0.1, 0.15) is 37.8 Å². The summed E-state index contributed by atoms with van der Waals surface area (Å²) in [5.74, 6) is 0.992. The Labute approximate surface area is 224 Å². The topological polar surface area (TPSA) is 67.9 Å². The first kappa shape index (κ1) is 28.7. The molecule has 202 valence electrons. The van der Waals surface area contributed by atoms with Gasteiger partial charge in [-0.1, -0.05) is 56.3 Å². The molecule has 3 rings (SSSR count). The second-order valence-electron chi connectivity index (χ2n) is 9.62. The minimum atomic E-state index is -0.712. The number of carbonyl (C=O) groups is 2. The minimum absolute atomic E-state index is 0.159. The molecule has 0 radical (unpaired) electrons. The first-order chi connectivity index (χ1) is 18.4. The molecule has 0 bridgehead atoms. The summed E-state index contributed by atoms with van der Waals surface area (Å²) >= 11 is 0. The number of benzene rings is 3. The number of hydrogen-bond acceptors (Lipinski definition) is 4. The van der Waals surface area contributed by atoms with Crippen LogP contribution in [-0.2, 0) is 22.6 Å². The molecule has 7 heteroatoms. The Balaban J connectivity index is 1.76. The van der Waals surface area contributed by atoms with Crippen LogP contribution in [0.2, 0.25) is 0 Å². The predicted octanol–water partition coefficient (Wildman–Crippen LogP) is 5.41. The summed E-state index contributed by atoms with van der Waals surface area (Å²) in [6.07, 6.45) is 1.07. The zero-order valence-corrected chi connectivity index (χ0v) is 22.4. The van der Waals surface area contributed by atoms with Gasteiger partial charge >= 0.3 is 0 Å². The number of carbonyl (C=O) groups excluding carboxylic acids is 2. The van der Waals surface area contributed by atoms with Crippen LogP contribution < -0.4 is 14.8 Å². The lowest BCUT2D eigenvalue weighted by atomic mass is 10.0. The maximum atomic E-state index is 13.6. The molecule has 1 N–H and O–H groups in total. The molecule has 0 saturated heterocycles. The molecule has 0 aliphatic rings. The van der Waals surface area contributed by atoms with Crippen LogP contribution in [0.3, 0.4) is 0 Å². The van der Waals surface area contributed by atoms with Crippen LogP contribution in [0, 0.1) is 11.7 Å². The number of methoxy groups -OCH3 is 1. The lowest BCUT2D eigenvalue weighted by molar-refractivity contribution is -0.141. The third-order valence-corrected chi connectivity index (χ3v) is 6.08. The van der Waals surface area contributed by atoms with Crippen molar-refractivity contribution in [2.24, 2.45) is 5.92 Å². The van der Waals surface area contributed by atoms with Gasteiger partial charge in [0.1, 0.15) is 23.4 Å². The molecular weight excluding hydrogens is 483 g/mol. The van der Waals surface area contributed by atoms with Gasteiger partial charge < -0.3 is 19.7 Å². The Morgan fingerprint density at radius 1 is 0.895 bits per heavy atom. The zero-order chi connectivity index (χ0) is 27.3. The summed E-state index contributed by atoms with van der Waals surface area (Å²) in [6, 6.07) is 22.2. The van der Waals surface area contributed by atoms with E-state index in [1.807, 2.05) is 68.4 Å². The lowest BCUT2D eigenvalue weighted by Gasteiger charge is -2.32. The molecule has 3 aromatic carbocycles. The summed E-state index contributed by atoms with van der Waals surface area (Å²) in [5.41, 5.74) is 1.71. The Bertz CT molecular complexity index is 1130. The van der Waals surface area contributed by atoms with Crippen molar-refractivity contribution in [2.75, 3.05) is 20.3 Å². The van der Waals surface area contributed by atoms with Gasteiger partial charge in [0.25, 0.3) is 0 Å². The van der Waals surface area contributed by atoms with Crippen LogP contribution in [0.25, 0.3) is 0 Å². The van der Waals surface area contributed by atoms with Gasteiger partial charge in [0.2, 0.25) is 11.8 Å². The predicted molar refractivity (Wildman–Crippen MR) is 146 cm³/mol. The summed E-state index contributed by atoms with van der Waals surface area (Å²) in [6.45, 7) is 5.11. The Morgan fingerprint density at radius 2 is 1.55 bits per heavy atom. The van der Waals surface area contributed by atoms with Crippen LogP contribution in [-0.4, -0.2) is 43.0 Å². The monoisotopic (exact) mass is 520 g/mol. The fraction of sp³-hybridized carbons (Fsp3) is 0.355. The molecule has 0 aliphatic carbocycles. The van der Waals surface area contributed by atoms with Crippen LogP contribution in [0.15, 0.2) is 78.9 Å². The lowest BCUT2D eigenvalue weighted by Crippen LogP contribution is -2.51. The smallest absolute Gasteiger partial charge is 0.243 e. The molecule has 0 aliphatic heterocycles. The summed E-state index contributed by atoms with van der Waals surface area (Å²) in [4.78, 5) is 28.6. The Kier molecular flexibility index (Phi) is 11.1. The van der Waals surface area contributed by atoms with Gasteiger partial charge in [0.15, 0.2) is 0 Å². The molecule has 0 saturated carbocycles. The number of nitrogens with zero attached hydrogens (tertiary/aromatic N) is 1. The summed E-state index contributed by atoms with van der Waals surface area (Å²) in [5, 5.41) is 3.00. The highest BCUT2D eigenvalue weighted by molar-refractivity contribution is 5.88. The van der Waals surface area contributed by atoms with Crippen molar-refractivity contribution in [1.82, 2.24) is 10.2 Å². The largest absolute Gasteiger partial charge is 0.497 e. The average Bonchev–Trinajstić information content (AvgIpc) is 2.93. The normalized spacial score (nSPS) is 11.6. The highest BCUT2D eigenvalue weighted by Gasteiger charge is 2.30. The van der Waals surface area contributed by atoms with E-state index in [1.165, 1.54) is 12.1 Å². The van der Waals surface area contributed by atoms with E-state index in [-0.39, 0.29) is 36.5 Å². The number of nitrogens with one attached hydrogen (secondary N) is 1. The SMILES string of the molecule is COc1ccc(OCCCC(=O)N(Cc2ccc(F)cc2)[C@@H](Cc2ccccc2)C(=O)NCC(C)C)cc1. The summed E-state index contributed by atoms with van der Waals surface area (Å²) < 4.78 is 24.5. The highest BCUT2D eigenvalue weighted by Crippen LogP contribution is 2.19. The van der Waals surface area contributed by atoms with Crippen LogP contribution >= 0.6 is 0 Å². The molecule has 2 amide bonds. The van der Waals surface area contributed by atoms with Crippen molar-refractivity contribution >= 4 is 11.8 Å². The van der Waals surface area contributed by atoms with Crippen molar-refractivity contribution in [3.8, 4) is 11.5 Å². The van der Waals surface area contributed by atoms with E-state index in [9.17, 15) is 14.0 Å². The van der Waals surface area contributed by atoms with Gasteiger partial charge in [-0.25, -0.2) is 4.39 Å². The molecular formula is C31H37FN2O4. The highest BCUT2D eigenvalue weighted by atomic mass is 19.1. The Hall–Kier alpha value is -3.87. The van der Waals surface area contributed by atoms with E-state index in [4.69, 9.17) is 9.47 Å². The van der Waals surface area contributed by atoms with Gasteiger partial charge in [-0.3, -0.25) is 9.59 Å². The molecule has 6 nitrogen and oxygen atoms in total. The third kappa shape index (κ3) is 9.21. The number of ether oxygens (including phenoxy) is 2. The molecule has 0 aromatic heterocycles. The van der Waals surface area contributed by atoms with Gasteiger partial charge in [-0.15, -0.1) is 0 Å². The van der Waals surface area contributed by atoms with E-state index in [0.29, 0.717) is 31.7 Å². The second kappa shape index (κ2) is 14.8. The fourth-order valence-electron chi connectivity index (χ4n) is 3.99. The van der Waals surface area contributed by atoms with Gasteiger partial charge in [-0.05, 0) is 59.9 Å². The van der Waals surface area contributed by atoms with Crippen molar-refractivity contribution in [1.29, 1.82) is 0 Å². The van der Waals surface area contributed by atoms with Gasteiger partial charge in [0, 0.05) is 25.9 Å². The van der Waals surface area contributed by atoms with E-state index < -0.39 is 6.04 Å². The van der Waals surface area contributed by atoms with Crippen molar-refractivity contribution in [2.45, 2.75) is 45.7 Å². The van der Waals surface area contributed by atoms with Crippen molar-refractivity contribution in [3.05, 3.63) is 95.8 Å². The Morgan fingerprint density at radius 3 is 2.18 bits per heavy atom. The fourth-order valence-corrected chi connectivity index (χ4v) is 3.99. The molecule has 0 unspecified atom stereocenters. The third-order valence-electron chi connectivity index (χ3n) is 6.08. The average molecular weight is 521 g/mol. The maximum absolute atomic E-state index is 13.6. The number of rotatable bonds is 14. The maximum Gasteiger partial charge on any atom is 0.243 e. The number of halogens is 1. The molecule has 0 spiro atoms. The van der Waals surface area contributed by atoms with Crippen LogP contribution in [0.5, 0.6) is 11.5 Å². The number of amides is 2. The van der Waals surface area contributed by atoms with Crippen LogP contribution in [0.4, 0.5) is 4.39 Å². The quantitative estimate of drug-likeness (QED) is 0.289. The summed E-state index contributed by atoms with van der Waals surface area (Å²) in [7, 11) is 1.60. The standard InChI is InChI=1S/C31H37FN2O4/c1-23(2)21-33-31(36)29(20-24-8-5-4-6-9-24)34(22-25-11-13-26(32)14-12-25)30(35)10-7-19-38-28-17-15-27(37-3)16-18-28/h4-6,8-9,11-18,23,29H,7,10,19-22H2,1-3H3,(H,33,36)/t29-/m0/s1. The molecule has 1 atom stereocenters. The first-order valence-electron chi connectivity index (χ1n) is 13.0. The van der Waals surface area contributed by atoms with E-state index >= 15 is 0 Å². The molecule has 38 heavy (non-hydrogen) atoms. The van der Waals surface area contributed by atoms with E-state index in [1.54, 1.807) is 24.1 Å². The zero-order valence-electron chi connectivity index (χ0n) is 22.4. The van der Waals surface area contributed by atoms with Crippen molar-refractivity contribution in [3.63, 3.8) is 0 Å². The second-order valence-corrected chi connectivity index (χ2v) is 9.62. The number of hydrogen-bond donors (Lipinski definition) is 1.